The molecule has 0 saturated heterocycles. The van der Waals surface area contributed by atoms with Gasteiger partial charge in [0.1, 0.15) is 0 Å². The van der Waals surface area contributed by atoms with Crippen LogP contribution in [0.25, 0.3) is 0 Å². The predicted octanol–water partition coefficient (Wildman–Crippen LogP) is 9.76. The van der Waals surface area contributed by atoms with Crippen molar-refractivity contribution in [3.8, 4) is 0 Å². The van der Waals surface area contributed by atoms with Gasteiger partial charge in [0.25, 0.3) is 0 Å². The first-order valence-corrected chi connectivity index (χ1v) is 11.3. The number of hydrogen-bond acceptors (Lipinski definition) is 0. The van der Waals surface area contributed by atoms with Crippen LogP contribution < -0.4 is 0 Å². The van der Waals surface area contributed by atoms with Crippen LogP contribution in [-0.4, -0.2) is 47.6 Å². The van der Waals surface area contributed by atoms with Gasteiger partial charge in [0, 0.05) is 6.42 Å². The van der Waals surface area contributed by atoms with Gasteiger partial charge in [0.2, 0.25) is 0 Å². The molecule has 2 rings (SSSR count). The van der Waals surface area contributed by atoms with E-state index in [1.807, 2.05) is 0 Å². The van der Waals surface area contributed by atoms with Crippen molar-refractivity contribution in [2.24, 2.45) is 0 Å². The van der Waals surface area contributed by atoms with Crippen LogP contribution >= 0.6 is 22.6 Å². The van der Waals surface area contributed by atoms with Crippen molar-refractivity contribution in [3.63, 3.8) is 0 Å². The third-order valence-corrected chi connectivity index (χ3v) is 7.34. The fourth-order valence-corrected chi connectivity index (χ4v) is 4.59. The Labute approximate surface area is 226 Å². The van der Waals surface area contributed by atoms with Crippen molar-refractivity contribution in [2.75, 3.05) is 0 Å². The van der Waals surface area contributed by atoms with Gasteiger partial charge in [-0.15, -0.1) is 0 Å². The third-order valence-electron chi connectivity index (χ3n) is 5.72. The first-order chi connectivity index (χ1) is 17.7. The predicted molar refractivity (Wildman–Crippen MR) is 113 cm³/mol. The number of benzene rings is 2. The Morgan fingerprint density at radius 3 is 0.975 bits per heavy atom. The molecular weight excluding hydrogens is 714 g/mol. The summed E-state index contributed by atoms with van der Waals surface area (Å²) in [4.78, 5) is 0. The lowest BCUT2D eigenvalue weighted by Gasteiger charge is -2.44. The van der Waals surface area contributed by atoms with E-state index in [1.165, 1.54) is 12.1 Å². The van der Waals surface area contributed by atoms with Crippen LogP contribution in [0, 0.1) is 0 Å². The molecule has 0 N–H and O–H groups in total. The zero-order valence-corrected chi connectivity index (χ0v) is 20.9. The van der Waals surface area contributed by atoms with Gasteiger partial charge in [0.15, 0.2) is 0 Å². The molecule has 0 bridgehead atoms. The molecule has 0 aliphatic heterocycles. The van der Waals surface area contributed by atoms with E-state index in [1.54, 1.807) is 0 Å². The molecule has 0 fully saturated rings. The van der Waals surface area contributed by atoms with E-state index in [-0.39, 0.29) is 11.1 Å². The normalized spacial score (nSPS) is 15.3. The van der Waals surface area contributed by atoms with Gasteiger partial charge in [-0.1, -0.05) is 83.3 Å². The Hall–Kier alpha value is -2.02. The van der Waals surface area contributed by atoms with Crippen LogP contribution in [-0.2, 0) is 3.42 Å². The van der Waals surface area contributed by atoms with E-state index in [9.17, 15) is 74.6 Å². The Morgan fingerprint density at radius 2 is 0.675 bits per heavy atom. The molecular formula is C22H12F17I. The van der Waals surface area contributed by atoms with Crippen molar-refractivity contribution in [1.29, 1.82) is 0 Å². The quantitative estimate of drug-likeness (QED) is 0.130. The Morgan fingerprint density at radius 1 is 0.400 bits per heavy atom. The molecule has 0 amide bonds. The van der Waals surface area contributed by atoms with Crippen molar-refractivity contribution < 1.29 is 74.6 Å². The maximum absolute atomic E-state index is 14.9. The monoisotopic (exact) mass is 726 g/mol. The summed E-state index contributed by atoms with van der Waals surface area (Å²) < 4.78 is 230. The number of hydrogen-bond donors (Lipinski definition) is 0. The summed E-state index contributed by atoms with van der Waals surface area (Å²) in [5.41, 5.74) is -0.705. The molecule has 2 aromatic carbocycles. The maximum Gasteiger partial charge on any atom is 0.460 e. The van der Waals surface area contributed by atoms with Gasteiger partial charge in [-0.2, -0.15) is 74.6 Å². The lowest BCUT2D eigenvalue weighted by Crippen LogP contribution is -2.74. The summed E-state index contributed by atoms with van der Waals surface area (Å²) in [6, 6.07) is 11.1. The highest BCUT2D eigenvalue weighted by molar-refractivity contribution is 14.1. The zero-order valence-electron chi connectivity index (χ0n) is 18.8. The van der Waals surface area contributed by atoms with Crippen LogP contribution in [0.5, 0.6) is 0 Å². The first-order valence-electron chi connectivity index (χ1n) is 10.2. The zero-order chi connectivity index (χ0) is 31.4. The third kappa shape index (κ3) is 4.88. The van der Waals surface area contributed by atoms with Gasteiger partial charge in [-0.25, -0.2) is 0 Å². The standard InChI is InChI=1S/C22H12F17I/c23-15(24,11-14(40,12-7-3-1-4-8-12)13-9-5-2-6-10-13)16(25,26)17(27,28)18(29,30)19(31,32)20(33,34)21(35,36)22(37,38)39/h1-10H,11H2. The molecule has 0 heterocycles. The summed E-state index contributed by atoms with van der Waals surface area (Å²) in [6.45, 7) is 0. The topological polar surface area (TPSA) is 0 Å². The van der Waals surface area contributed by atoms with Crippen molar-refractivity contribution in [3.05, 3.63) is 71.8 Å². The van der Waals surface area contributed by atoms with E-state index >= 15 is 0 Å². The largest absolute Gasteiger partial charge is 0.460 e. The fourth-order valence-electron chi connectivity index (χ4n) is 3.39. The molecule has 0 aromatic heterocycles. The van der Waals surface area contributed by atoms with Gasteiger partial charge >= 0.3 is 47.6 Å². The molecule has 0 aliphatic rings. The lowest BCUT2D eigenvalue weighted by molar-refractivity contribution is -0.461. The molecule has 0 unspecified atom stereocenters. The Kier molecular flexibility index (Phi) is 8.60. The highest BCUT2D eigenvalue weighted by Crippen LogP contribution is 2.65. The van der Waals surface area contributed by atoms with E-state index in [0.29, 0.717) is 0 Å². The minimum absolute atomic E-state index is 0.353. The highest BCUT2D eigenvalue weighted by Gasteiger charge is 2.95. The van der Waals surface area contributed by atoms with Crippen LogP contribution in [0.2, 0.25) is 0 Å². The summed E-state index contributed by atoms with van der Waals surface area (Å²) >= 11 is 1.03. The molecule has 0 atom stereocenters. The van der Waals surface area contributed by atoms with Crippen LogP contribution in [0.1, 0.15) is 17.5 Å². The summed E-state index contributed by atoms with van der Waals surface area (Å²) in [5, 5.41) is 0. The van der Waals surface area contributed by atoms with Gasteiger partial charge < -0.3 is 0 Å². The highest BCUT2D eigenvalue weighted by atomic mass is 127. The minimum atomic E-state index is -8.65. The number of rotatable bonds is 10. The Bertz CT molecular complexity index is 1120. The van der Waals surface area contributed by atoms with Crippen LogP contribution in [0.15, 0.2) is 60.7 Å². The molecule has 0 spiro atoms. The van der Waals surface area contributed by atoms with E-state index in [0.717, 1.165) is 71.1 Å². The van der Waals surface area contributed by atoms with Crippen molar-refractivity contribution >= 4 is 22.6 Å². The van der Waals surface area contributed by atoms with Crippen LogP contribution in [0.3, 0.4) is 0 Å². The molecule has 40 heavy (non-hydrogen) atoms. The smallest absolute Gasteiger partial charge is 0.200 e. The Balaban J connectivity index is 2.69. The van der Waals surface area contributed by atoms with Crippen LogP contribution in [0.4, 0.5) is 74.6 Å². The maximum atomic E-state index is 14.9. The first kappa shape index (κ1) is 34.2. The van der Waals surface area contributed by atoms with E-state index in [4.69, 9.17) is 0 Å². The van der Waals surface area contributed by atoms with Gasteiger partial charge in [0.05, 0.1) is 3.42 Å². The minimum Gasteiger partial charge on any atom is -0.200 e. The molecule has 0 radical (unpaired) electrons. The van der Waals surface area contributed by atoms with E-state index < -0.39 is 57.5 Å². The summed E-state index contributed by atoms with van der Waals surface area (Å²) in [5.74, 6) is -56.6. The average molecular weight is 726 g/mol. The molecule has 0 nitrogen and oxygen atoms in total. The van der Waals surface area contributed by atoms with Gasteiger partial charge in [-0.05, 0) is 11.1 Å². The molecule has 226 valence electrons. The molecule has 2 aromatic rings. The lowest BCUT2D eigenvalue weighted by atomic mass is 9.82. The second kappa shape index (κ2) is 10.1. The molecule has 0 saturated carbocycles. The average Bonchev–Trinajstić information content (AvgIpc) is 2.83. The summed E-state index contributed by atoms with van der Waals surface area (Å²) in [7, 11) is 0. The molecule has 18 heteroatoms. The van der Waals surface area contributed by atoms with E-state index in [2.05, 4.69) is 0 Å². The number of halogens is 18. The van der Waals surface area contributed by atoms with Crippen molar-refractivity contribution in [1.82, 2.24) is 0 Å². The number of alkyl halides is 18. The van der Waals surface area contributed by atoms with Gasteiger partial charge in [-0.3, -0.25) is 0 Å². The van der Waals surface area contributed by atoms with Crippen molar-refractivity contribution in [2.45, 2.75) is 57.5 Å². The second-order valence-electron chi connectivity index (χ2n) is 8.36. The summed E-state index contributed by atoms with van der Waals surface area (Å²) in [6.07, 6.45) is -10.4. The fraction of sp³-hybridized carbons (Fsp3) is 0.455. The molecule has 0 aliphatic carbocycles. The second-order valence-corrected chi connectivity index (χ2v) is 10.2. The SMILES string of the molecule is FC(F)(F)C(F)(F)C(F)(F)C(F)(F)C(F)(F)C(F)(F)C(F)(F)C(F)(F)CC(I)(c1ccccc1)c1ccccc1.